The van der Waals surface area contributed by atoms with E-state index in [2.05, 4.69) is 12.2 Å². The maximum absolute atomic E-state index is 13.1. The average Bonchev–Trinajstić information content (AvgIpc) is 2.66. The van der Waals surface area contributed by atoms with E-state index in [4.69, 9.17) is 0 Å². The van der Waals surface area contributed by atoms with Crippen LogP contribution in [0.25, 0.3) is 5.69 Å². The standard InChI is InChI=1S/C21H26N2O3/c1-2-3-5-14-18(24)22-19-20(25)16-12-8-9-13-17(16)23(21(19)26)15-10-6-4-7-11-15/h4,6-7,10-11,25H,2-3,5,8-9,12-14H2,1H3,(H,22,24). The zero-order valence-corrected chi connectivity index (χ0v) is 15.3. The first kappa shape index (κ1) is 18.2. The number of para-hydroxylation sites is 1. The molecule has 0 bridgehead atoms. The fourth-order valence-electron chi connectivity index (χ4n) is 3.58. The Bertz CT molecular complexity index is 841. The molecule has 3 rings (SSSR count). The molecule has 1 aromatic heterocycles. The van der Waals surface area contributed by atoms with Crippen molar-refractivity contribution in [2.45, 2.75) is 58.3 Å². The molecule has 26 heavy (non-hydrogen) atoms. The van der Waals surface area contributed by atoms with Gasteiger partial charge >= 0.3 is 0 Å². The van der Waals surface area contributed by atoms with Gasteiger partial charge < -0.3 is 10.4 Å². The molecule has 0 spiro atoms. The molecule has 1 amide bonds. The van der Waals surface area contributed by atoms with Crippen LogP contribution in [0.5, 0.6) is 5.75 Å². The monoisotopic (exact) mass is 354 g/mol. The molecule has 0 saturated heterocycles. The lowest BCUT2D eigenvalue weighted by Gasteiger charge is -2.24. The van der Waals surface area contributed by atoms with Crippen molar-refractivity contribution in [1.82, 2.24) is 4.57 Å². The molecule has 0 fully saturated rings. The van der Waals surface area contributed by atoms with Crippen molar-refractivity contribution in [2.24, 2.45) is 0 Å². The first-order valence-corrected chi connectivity index (χ1v) is 9.48. The van der Waals surface area contributed by atoms with Gasteiger partial charge in [-0.3, -0.25) is 14.2 Å². The highest BCUT2D eigenvalue weighted by Crippen LogP contribution is 2.34. The zero-order chi connectivity index (χ0) is 18.5. The number of rotatable bonds is 6. The van der Waals surface area contributed by atoms with Crippen LogP contribution >= 0.6 is 0 Å². The summed E-state index contributed by atoms with van der Waals surface area (Å²) in [6.45, 7) is 2.08. The third-order valence-corrected chi connectivity index (χ3v) is 4.93. The van der Waals surface area contributed by atoms with Gasteiger partial charge in [0.1, 0.15) is 5.75 Å². The molecule has 0 atom stereocenters. The molecular formula is C21H26N2O3. The van der Waals surface area contributed by atoms with Gasteiger partial charge in [-0.2, -0.15) is 0 Å². The van der Waals surface area contributed by atoms with E-state index in [1.54, 1.807) is 4.57 Å². The van der Waals surface area contributed by atoms with E-state index in [9.17, 15) is 14.7 Å². The molecule has 0 radical (unpaired) electrons. The number of hydrogen-bond acceptors (Lipinski definition) is 3. The van der Waals surface area contributed by atoms with Crippen molar-refractivity contribution in [3.63, 3.8) is 0 Å². The van der Waals surface area contributed by atoms with E-state index >= 15 is 0 Å². The predicted octanol–water partition coefficient (Wildman–Crippen LogP) is 3.94. The van der Waals surface area contributed by atoms with Crippen LogP contribution in [0.1, 0.15) is 56.7 Å². The number of carbonyl (C=O) groups excluding carboxylic acids is 1. The number of amides is 1. The van der Waals surface area contributed by atoms with Gasteiger partial charge in [0.05, 0.1) is 0 Å². The van der Waals surface area contributed by atoms with Gasteiger partial charge in [-0.25, -0.2) is 0 Å². The highest BCUT2D eigenvalue weighted by atomic mass is 16.3. The third kappa shape index (κ3) is 3.66. The Hall–Kier alpha value is -2.56. The SMILES string of the molecule is CCCCCC(=O)Nc1c(O)c2c(n(-c3ccccc3)c1=O)CCCC2. The number of aromatic nitrogens is 1. The molecule has 0 saturated carbocycles. The lowest BCUT2D eigenvalue weighted by atomic mass is 9.94. The van der Waals surface area contributed by atoms with E-state index < -0.39 is 0 Å². The number of aromatic hydroxyl groups is 1. The highest BCUT2D eigenvalue weighted by Gasteiger charge is 2.25. The molecule has 1 aliphatic rings. The third-order valence-electron chi connectivity index (χ3n) is 4.93. The van der Waals surface area contributed by atoms with Crippen LogP contribution < -0.4 is 10.9 Å². The molecule has 1 heterocycles. The van der Waals surface area contributed by atoms with Crippen LogP contribution in [-0.2, 0) is 17.6 Å². The number of pyridine rings is 1. The highest BCUT2D eigenvalue weighted by molar-refractivity contribution is 5.92. The van der Waals surface area contributed by atoms with Crippen molar-refractivity contribution in [3.05, 3.63) is 51.9 Å². The van der Waals surface area contributed by atoms with E-state index in [0.717, 1.165) is 55.5 Å². The van der Waals surface area contributed by atoms with Crippen molar-refractivity contribution >= 4 is 11.6 Å². The first-order valence-electron chi connectivity index (χ1n) is 9.48. The fourth-order valence-corrected chi connectivity index (χ4v) is 3.58. The van der Waals surface area contributed by atoms with E-state index in [1.807, 2.05) is 30.3 Å². The normalized spacial score (nSPS) is 13.3. The van der Waals surface area contributed by atoms with E-state index in [0.29, 0.717) is 12.8 Å². The number of fused-ring (bicyclic) bond motifs is 1. The summed E-state index contributed by atoms with van der Waals surface area (Å²) < 4.78 is 1.65. The number of anilines is 1. The van der Waals surface area contributed by atoms with Crippen LogP contribution in [0.15, 0.2) is 35.1 Å². The smallest absolute Gasteiger partial charge is 0.282 e. The van der Waals surface area contributed by atoms with Gasteiger partial charge in [0.15, 0.2) is 5.69 Å². The van der Waals surface area contributed by atoms with Crippen molar-refractivity contribution in [2.75, 3.05) is 5.32 Å². The Morgan fingerprint density at radius 1 is 1.15 bits per heavy atom. The molecule has 1 aliphatic carbocycles. The molecular weight excluding hydrogens is 328 g/mol. The van der Waals surface area contributed by atoms with Crippen molar-refractivity contribution in [3.8, 4) is 11.4 Å². The number of benzene rings is 1. The minimum absolute atomic E-state index is 0.0102. The maximum atomic E-state index is 13.1. The quantitative estimate of drug-likeness (QED) is 0.772. The number of carbonyl (C=O) groups is 1. The van der Waals surface area contributed by atoms with Gasteiger partial charge in [0, 0.05) is 23.4 Å². The summed E-state index contributed by atoms with van der Waals surface area (Å²) in [7, 11) is 0. The molecule has 1 aromatic carbocycles. The second kappa shape index (κ2) is 8.21. The average molecular weight is 354 g/mol. The maximum Gasteiger partial charge on any atom is 0.282 e. The zero-order valence-electron chi connectivity index (χ0n) is 15.3. The van der Waals surface area contributed by atoms with Crippen molar-refractivity contribution in [1.29, 1.82) is 0 Å². The van der Waals surface area contributed by atoms with Crippen LogP contribution in [0.3, 0.4) is 0 Å². The topological polar surface area (TPSA) is 71.3 Å². The van der Waals surface area contributed by atoms with Crippen LogP contribution in [-0.4, -0.2) is 15.6 Å². The Morgan fingerprint density at radius 3 is 2.62 bits per heavy atom. The minimum atomic E-state index is -0.363. The molecule has 2 aromatic rings. The molecule has 0 aliphatic heterocycles. The van der Waals surface area contributed by atoms with Gasteiger partial charge in [-0.05, 0) is 44.2 Å². The van der Waals surface area contributed by atoms with Crippen LogP contribution in [0.2, 0.25) is 0 Å². The summed E-state index contributed by atoms with van der Waals surface area (Å²) >= 11 is 0. The number of hydrogen-bond donors (Lipinski definition) is 2. The lowest BCUT2D eigenvalue weighted by molar-refractivity contribution is -0.116. The summed E-state index contributed by atoms with van der Waals surface area (Å²) in [5.74, 6) is -0.276. The van der Waals surface area contributed by atoms with Crippen LogP contribution in [0.4, 0.5) is 5.69 Å². The molecule has 0 unspecified atom stereocenters. The number of nitrogens with one attached hydrogen (secondary N) is 1. The molecule has 5 heteroatoms. The van der Waals surface area contributed by atoms with Crippen molar-refractivity contribution < 1.29 is 9.90 Å². The first-order chi connectivity index (χ1) is 12.6. The minimum Gasteiger partial charge on any atom is -0.505 e. The fraction of sp³-hybridized carbons (Fsp3) is 0.429. The Balaban J connectivity index is 2.05. The van der Waals surface area contributed by atoms with Gasteiger partial charge in [-0.15, -0.1) is 0 Å². The van der Waals surface area contributed by atoms with E-state index in [-0.39, 0.29) is 22.9 Å². The van der Waals surface area contributed by atoms with Gasteiger partial charge in [0.2, 0.25) is 5.91 Å². The Kier molecular flexibility index (Phi) is 5.76. The van der Waals surface area contributed by atoms with E-state index in [1.165, 1.54) is 0 Å². The largest absolute Gasteiger partial charge is 0.505 e. The molecule has 5 nitrogen and oxygen atoms in total. The molecule has 138 valence electrons. The van der Waals surface area contributed by atoms with Gasteiger partial charge in [0.25, 0.3) is 5.56 Å². The second-order valence-electron chi connectivity index (χ2n) is 6.84. The summed E-state index contributed by atoms with van der Waals surface area (Å²) in [6.07, 6.45) is 6.55. The second-order valence-corrected chi connectivity index (χ2v) is 6.84. The molecule has 2 N–H and O–H groups in total. The van der Waals surface area contributed by atoms with Gasteiger partial charge in [-0.1, -0.05) is 38.0 Å². The summed E-state index contributed by atoms with van der Waals surface area (Å²) in [5.41, 5.74) is 2.05. The number of nitrogens with zero attached hydrogens (tertiary/aromatic N) is 1. The summed E-state index contributed by atoms with van der Waals surface area (Å²) in [6, 6.07) is 9.41. The summed E-state index contributed by atoms with van der Waals surface area (Å²) in [5, 5.41) is 13.4. The number of unbranched alkanes of at least 4 members (excludes halogenated alkanes) is 2. The summed E-state index contributed by atoms with van der Waals surface area (Å²) in [4.78, 5) is 25.4. The van der Waals surface area contributed by atoms with Crippen LogP contribution in [0, 0.1) is 0 Å². The Labute approximate surface area is 153 Å². The Morgan fingerprint density at radius 2 is 1.88 bits per heavy atom. The lowest BCUT2D eigenvalue weighted by Crippen LogP contribution is -2.30. The predicted molar refractivity (Wildman–Crippen MR) is 103 cm³/mol.